The molecule has 0 unspecified atom stereocenters. The van der Waals surface area contributed by atoms with Crippen LogP contribution >= 0.6 is 0 Å². The maximum Gasteiger partial charge on any atom is 0.0419 e. The number of para-hydroxylation sites is 1. The van der Waals surface area contributed by atoms with E-state index in [9.17, 15) is 0 Å². The third-order valence-corrected chi connectivity index (χ3v) is 3.23. The van der Waals surface area contributed by atoms with Gasteiger partial charge >= 0.3 is 0 Å². The van der Waals surface area contributed by atoms with Crippen LogP contribution < -0.4 is 5.32 Å². The van der Waals surface area contributed by atoms with Gasteiger partial charge in [0.25, 0.3) is 0 Å². The van der Waals surface area contributed by atoms with E-state index in [0.717, 1.165) is 13.1 Å². The van der Waals surface area contributed by atoms with Gasteiger partial charge in [0, 0.05) is 24.8 Å². The molecule has 0 radical (unpaired) electrons. The molecular formula is C13H20N2. The van der Waals surface area contributed by atoms with E-state index in [1.54, 1.807) is 0 Å². The van der Waals surface area contributed by atoms with Crippen molar-refractivity contribution in [2.45, 2.75) is 32.9 Å². The molecule has 0 fully saturated rings. The molecule has 1 aliphatic heterocycles. The molecule has 1 N–H and O–H groups in total. The van der Waals surface area contributed by atoms with Gasteiger partial charge in [0.1, 0.15) is 0 Å². The highest BCUT2D eigenvalue weighted by Crippen LogP contribution is 2.27. The minimum atomic E-state index is 0.599. The van der Waals surface area contributed by atoms with Crippen LogP contribution in [0.1, 0.15) is 25.0 Å². The second-order valence-corrected chi connectivity index (χ2v) is 4.64. The Morgan fingerprint density at radius 1 is 1.40 bits per heavy atom. The SMILES string of the molecule is CC(C)N(C)Cc1cccc2c1NCC2. The maximum absolute atomic E-state index is 3.49. The second kappa shape index (κ2) is 4.23. The van der Waals surface area contributed by atoms with Gasteiger partial charge in [0.15, 0.2) is 0 Å². The van der Waals surface area contributed by atoms with Crippen molar-refractivity contribution in [3.63, 3.8) is 0 Å². The second-order valence-electron chi connectivity index (χ2n) is 4.64. The van der Waals surface area contributed by atoms with E-state index < -0.39 is 0 Å². The van der Waals surface area contributed by atoms with Gasteiger partial charge in [0.2, 0.25) is 0 Å². The fourth-order valence-corrected chi connectivity index (χ4v) is 1.99. The van der Waals surface area contributed by atoms with Crippen molar-refractivity contribution in [3.05, 3.63) is 29.3 Å². The summed E-state index contributed by atoms with van der Waals surface area (Å²) in [4.78, 5) is 2.37. The summed E-state index contributed by atoms with van der Waals surface area (Å²) in [6.07, 6.45) is 1.18. The van der Waals surface area contributed by atoms with Crippen molar-refractivity contribution in [2.75, 3.05) is 18.9 Å². The van der Waals surface area contributed by atoms with Crippen molar-refractivity contribution < 1.29 is 0 Å². The molecule has 1 heterocycles. The summed E-state index contributed by atoms with van der Waals surface area (Å²) in [7, 11) is 2.18. The summed E-state index contributed by atoms with van der Waals surface area (Å²) >= 11 is 0. The zero-order valence-corrected chi connectivity index (χ0v) is 9.88. The standard InChI is InChI=1S/C13H20N2/c1-10(2)15(3)9-12-6-4-5-11-7-8-14-13(11)12/h4-6,10,14H,7-9H2,1-3H3. The van der Waals surface area contributed by atoms with Gasteiger partial charge in [-0.2, -0.15) is 0 Å². The minimum absolute atomic E-state index is 0.599. The Labute approximate surface area is 92.3 Å². The maximum atomic E-state index is 3.49. The summed E-state index contributed by atoms with van der Waals surface area (Å²) in [5.41, 5.74) is 4.29. The fraction of sp³-hybridized carbons (Fsp3) is 0.538. The first kappa shape index (κ1) is 10.5. The Hall–Kier alpha value is -1.02. The van der Waals surface area contributed by atoms with Crippen molar-refractivity contribution >= 4 is 5.69 Å². The molecule has 0 spiro atoms. The first-order chi connectivity index (χ1) is 7.18. The molecule has 0 saturated carbocycles. The number of benzene rings is 1. The molecule has 0 amide bonds. The molecule has 82 valence electrons. The Balaban J connectivity index is 2.19. The number of hydrogen-bond donors (Lipinski definition) is 1. The van der Waals surface area contributed by atoms with Crippen molar-refractivity contribution in [2.24, 2.45) is 0 Å². The van der Waals surface area contributed by atoms with E-state index in [-0.39, 0.29) is 0 Å². The van der Waals surface area contributed by atoms with Crippen LogP contribution in [0.3, 0.4) is 0 Å². The molecule has 0 aromatic heterocycles. The van der Waals surface area contributed by atoms with Crippen LogP contribution in [-0.4, -0.2) is 24.5 Å². The summed E-state index contributed by atoms with van der Waals surface area (Å²) < 4.78 is 0. The number of rotatable bonds is 3. The van der Waals surface area contributed by atoms with E-state index in [0.29, 0.717) is 6.04 Å². The van der Waals surface area contributed by atoms with Crippen molar-refractivity contribution in [1.82, 2.24) is 4.90 Å². The lowest BCUT2D eigenvalue weighted by Gasteiger charge is -2.22. The number of nitrogens with zero attached hydrogens (tertiary/aromatic N) is 1. The molecule has 15 heavy (non-hydrogen) atoms. The van der Waals surface area contributed by atoms with Gasteiger partial charge in [-0.05, 0) is 38.4 Å². The Kier molecular flexibility index (Phi) is 2.96. The first-order valence-corrected chi connectivity index (χ1v) is 5.73. The van der Waals surface area contributed by atoms with E-state index in [2.05, 4.69) is 49.3 Å². The largest absolute Gasteiger partial charge is 0.384 e. The van der Waals surface area contributed by atoms with Crippen LogP contribution in [0.4, 0.5) is 5.69 Å². The average Bonchev–Trinajstić information content (AvgIpc) is 2.66. The van der Waals surface area contributed by atoms with Crippen molar-refractivity contribution in [3.8, 4) is 0 Å². The molecule has 0 bridgehead atoms. The highest BCUT2D eigenvalue weighted by atomic mass is 15.1. The molecule has 0 saturated heterocycles. The fourth-order valence-electron chi connectivity index (χ4n) is 1.99. The van der Waals surface area contributed by atoms with Crippen molar-refractivity contribution in [1.29, 1.82) is 0 Å². The number of nitrogens with one attached hydrogen (secondary N) is 1. The van der Waals surface area contributed by atoms with E-state index >= 15 is 0 Å². The normalized spacial score (nSPS) is 14.5. The Morgan fingerprint density at radius 3 is 2.93 bits per heavy atom. The third-order valence-electron chi connectivity index (χ3n) is 3.23. The number of anilines is 1. The highest BCUT2D eigenvalue weighted by molar-refractivity contribution is 5.61. The van der Waals surface area contributed by atoms with Gasteiger partial charge < -0.3 is 5.32 Å². The molecule has 2 nitrogen and oxygen atoms in total. The third kappa shape index (κ3) is 2.15. The summed E-state index contributed by atoms with van der Waals surface area (Å²) in [5, 5.41) is 3.49. The molecule has 2 heteroatoms. The van der Waals surface area contributed by atoms with E-state index in [4.69, 9.17) is 0 Å². The number of hydrogen-bond acceptors (Lipinski definition) is 2. The van der Waals surface area contributed by atoms with Gasteiger partial charge in [0.05, 0.1) is 0 Å². The smallest absolute Gasteiger partial charge is 0.0419 e. The van der Waals surface area contributed by atoms with Crippen LogP contribution in [0.5, 0.6) is 0 Å². The molecule has 1 aromatic rings. The summed E-state index contributed by atoms with van der Waals surface area (Å²) in [6.45, 7) is 6.60. The molecular weight excluding hydrogens is 184 g/mol. The molecule has 1 aromatic carbocycles. The van der Waals surface area contributed by atoms with Gasteiger partial charge in [-0.15, -0.1) is 0 Å². The van der Waals surface area contributed by atoms with Crippen LogP contribution in [0.2, 0.25) is 0 Å². The zero-order valence-electron chi connectivity index (χ0n) is 9.88. The molecule has 0 atom stereocenters. The Bertz CT molecular complexity index is 344. The lowest BCUT2D eigenvalue weighted by atomic mass is 10.1. The lowest BCUT2D eigenvalue weighted by Crippen LogP contribution is -2.25. The molecule has 0 aliphatic carbocycles. The van der Waals surface area contributed by atoms with Crippen LogP contribution in [0, 0.1) is 0 Å². The average molecular weight is 204 g/mol. The predicted molar refractivity (Wildman–Crippen MR) is 65.2 cm³/mol. The van der Waals surface area contributed by atoms with E-state index in [1.165, 1.54) is 23.2 Å². The zero-order chi connectivity index (χ0) is 10.8. The molecule has 1 aliphatic rings. The quantitative estimate of drug-likeness (QED) is 0.813. The first-order valence-electron chi connectivity index (χ1n) is 5.73. The monoisotopic (exact) mass is 204 g/mol. The van der Waals surface area contributed by atoms with Gasteiger partial charge in [-0.25, -0.2) is 0 Å². The molecule has 2 rings (SSSR count). The summed E-state index contributed by atoms with van der Waals surface area (Å²) in [5.74, 6) is 0. The topological polar surface area (TPSA) is 15.3 Å². The van der Waals surface area contributed by atoms with E-state index in [1.807, 2.05) is 0 Å². The van der Waals surface area contributed by atoms with Crippen LogP contribution in [0.25, 0.3) is 0 Å². The predicted octanol–water partition coefficient (Wildman–Crippen LogP) is 2.49. The van der Waals surface area contributed by atoms with Gasteiger partial charge in [-0.3, -0.25) is 4.90 Å². The number of fused-ring (bicyclic) bond motifs is 1. The van der Waals surface area contributed by atoms with Gasteiger partial charge in [-0.1, -0.05) is 18.2 Å². The summed E-state index contributed by atoms with van der Waals surface area (Å²) in [6, 6.07) is 7.24. The highest BCUT2D eigenvalue weighted by Gasteiger charge is 2.15. The van der Waals surface area contributed by atoms with Crippen LogP contribution in [-0.2, 0) is 13.0 Å². The van der Waals surface area contributed by atoms with Crippen LogP contribution in [0.15, 0.2) is 18.2 Å². The minimum Gasteiger partial charge on any atom is -0.384 e. The lowest BCUT2D eigenvalue weighted by molar-refractivity contribution is 0.266. The Morgan fingerprint density at radius 2 is 2.20 bits per heavy atom.